The van der Waals surface area contributed by atoms with Crippen molar-refractivity contribution in [3.8, 4) is 0 Å². The number of rotatable bonds is 2. The molecule has 2 nitrogen and oxygen atoms in total. The van der Waals surface area contributed by atoms with Gasteiger partial charge in [0, 0.05) is 6.04 Å². The van der Waals surface area contributed by atoms with Crippen LogP contribution in [0.3, 0.4) is 0 Å². The van der Waals surface area contributed by atoms with E-state index in [1.54, 1.807) is 0 Å². The molecule has 0 amide bonds. The maximum absolute atomic E-state index is 11.7. The Morgan fingerprint density at radius 1 is 1.36 bits per heavy atom. The highest BCUT2D eigenvalue weighted by molar-refractivity contribution is 4.75. The number of hydrogen-bond acceptors (Lipinski definition) is 2. The first-order valence-electron chi connectivity index (χ1n) is 3.87. The molecule has 0 heterocycles. The fraction of sp³-hybridized carbons (Fsp3) is 1.00. The molecule has 11 heavy (non-hydrogen) atoms. The average molecular weight is 165 g/mol. The lowest BCUT2D eigenvalue weighted by atomic mass is 9.94. The minimum Gasteiger partial charge on any atom is -0.328 e. The summed E-state index contributed by atoms with van der Waals surface area (Å²) in [6.07, 6.45) is 2.81. The van der Waals surface area contributed by atoms with Crippen molar-refractivity contribution < 1.29 is 13.5 Å². The van der Waals surface area contributed by atoms with Crippen LogP contribution in [0.1, 0.15) is 25.7 Å². The SMILES string of the molecule is NC1CCCC(OC(F)F)C1. The van der Waals surface area contributed by atoms with Crippen molar-refractivity contribution in [3.05, 3.63) is 0 Å². The second kappa shape index (κ2) is 3.97. The van der Waals surface area contributed by atoms with E-state index >= 15 is 0 Å². The molecule has 0 aliphatic heterocycles. The summed E-state index contributed by atoms with van der Waals surface area (Å²) in [6, 6.07) is 0.0486. The van der Waals surface area contributed by atoms with Crippen LogP contribution in [0.2, 0.25) is 0 Å². The van der Waals surface area contributed by atoms with Gasteiger partial charge in [0.15, 0.2) is 0 Å². The van der Waals surface area contributed by atoms with Crippen molar-refractivity contribution in [2.75, 3.05) is 0 Å². The molecule has 0 aromatic rings. The molecule has 66 valence electrons. The number of halogens is 2. The van der Waals surface area contributed by atoms with Gasteiger partial charge >= 0.3 is 6.61 Å². The normalized spacial score (nSPS) is 32.7. The van der Waals surface area contributed by atoms with Crippen LogP contribution < -0.4 is 5.73 Å². The molecule has 1 saturated carbocycles. The van der Waals surface area contributed by atoms with Crippen molar-refractivity contribution in [3.63, 3.8) is 0 Å². The predicted octanol–water partition coefficient (Wildman–Crippen LogP) is 1.50. The van der Waals surface area contributed by atoms with Crippen LogP contribution in [0.4, 0.5) is 8.78 Å². The molecule has 0 bridgehead atoms. The van der Waals surface area contributed by atoms with E-state index in [-0.39, 0.29) is 12.1 Å². The maximum Gasteiger partial charge on any atom is 0.345 e. The summed E-state index contributed by atoms with van der Waals surface area (Å²) in [4.78, 5) is 0. The fourth-order valence-corrected chi connectivity index (χ4v) is 1.45. The largest absolute Gasteiger partial charge is 0.345 e. The highest BCUT2D eigenvalue weighted by Gasteiger charge is 2.22. The summed E-state index contributed by atoms with van der Waals surface area (Å²) in [5.41, 5.74) is 5.58. The van der Waals surface area contributed by atoms with E-state index in [0.717, 1.165) is 19.3 Å². The van der Waals surface area contributed by atoms with Crippen LogP contribution in [0.25, 0.3) is 0 Å². The Balaban J connectivity index is 2.23. The molecular weight excluding hydrogens is 152 g/mol. The van der Waals surface area contributed by atoms with E-state index in [2.05, 4.69) is 4.74 Å². The summed E-state index contributed by atoms with van der Waals surface area (Å²) in [5.74, 6) is 0. The van der Waals surface area contributed by atoms with Gasteiger partial charge in [-0.3, -0.25) is 0 Å². The topological polar surface area (TPSA) is 35.2 Å². The molecule has 2 unspecified atom stereocenters. The Labute approximate surface area is 64.7 Å². The zero-order valence-corrected chi connectivity index (χ0v) is 6.30. The van der Waals surface area contributed by atoms with Gasteiger partial charge in [-0.2, -0.15) is 8.78 Å². The van der Waals surface area contributed by atoms with Gasteiger partial charge in [0.2, 0.25) is 0 Å². The van der Waals surface area contributed by atoms with Gasteiger partial charge in [-0.15, -0.1) is 0 Å². The summed E-state index contributed by atoms with van der Waals surface area (Å²) >= 11 is 0. The van der Waals surface area contributed by atoms with Gasteiger partial charge in [0.05, 0.1) is 6.10 Å². The van der Waals surface area contributed by atoms with Crippen molar-refractivity contribution in [2.45, 2.75) is 44.4 Å². The lowest BCUT2D eigenvalue weighted by Gasteiger charge is -2.25. The molecule has 0 saturated heterocycles. The third-order valence-corrected chi connectivity index (χ3v) is 1.96. The first-order valence-corrected chi connectivity index (χ1v) is 3.87. The summed E-state index contributed by atoms with van der Waals surface area (Å²) < 4.78 is 27.7. The molecule has 1 fully saturated rings. The minimum absolute atomic E-state index is 0.0486. The molecule has 0 radical (unpaired) electrons. The Bertz CT molecular complexity index is 119. The van der Waals surface area contributed by atoms with Gasteiger partial charge < -0.3 is 10.5 Å². The Morgan fingerprint density at radius 3 is 2.64 bits per heavy atom. The van der Waals surface area contributed by atoms with E-state index in [9.17, 15) is 8.78 Å². The van der Waals surface area contributed by atoms with Crippen molar-refractivity contribution in [1.29, 1.82) is 0 Å². The molecule has 0 aromatic heterocycles. The molecule has 0 spiro atoms. The predicted molar refractivity (Wildman–Crippen MR) is 37.3 cm³/mol. The summed E-state index contributed by atoms with van der Waals surface area (Å²) in [7, 11) is 0. The van der Waals surface area contributed by atoms with Crippen molar-refractivity contribution >= 4 is 0 Å². The molecule has 1 rings (SSSR count). The van der Waals surface area contributed by atoms with E-state index in [1.165, 1.54) is 0 Å². The van der Waals surface area contributed by atoms with Gasteiger partial charge in [0.25, 0.3) is 0 Å². The Morgan fingerprint density at radius 2 is 2.09 bits per heavy atom. The van der Waals surface area contributed by atoms with E-state index in [0.29, 0.717) is 6.42 Å². The molecule has 1 aliphatic rings. The fourth-order valence-electron chi connectivity index (χ4n) is 1.45. The van der Waals surface area contributed by atoms with Gasteiger partial charge in [-0.05, 0) is 25.7 Å². The van der Waals surface area contributed by atoms with Crippen LogP contribution >= 0.6 is 0 Å². The number of ether oxygens (including phenoxy) is 1. The number of alkyl halides is 2. The zero-order chi connectivity index (χ0) is 8.27. The smallest absolute Gasteiger partial charge is 0.328 e. The van der Waals surface area contributed by atoms with Crippen LogP contribution in [0, 0.1) is 0 Å². The molecule has 4 heteroatoms. The lowest BCUT2D eigenvalue weighted by Crippen LogP contribution is -2.33. The van der Waals surface area contributed by atoms with E-state index < -0.39 is 6.61 Å². The van der Waals surface area contributed by atoms with Gasteiger partial charge in [0.1, 0.15) is 0 Å². The first kappa shape index (κ1) is 8.87. The molecule has 0 aromatic carbocycles. The van der Waals surface area contributed by atoms with Gasteiger partial charge in [-0.1, -0.05) is 0 Å². The monoisotopic (exact) mass is 165 g/mol. The number of hydrogen-bond donors (Lipinski definition) is 1. The van der Waals surface area contributed by atoms with Gasteiger partial charge in [-0.25, -0.2) is 0 Å². The van der Waals surface area contributed by atoms with E-state index in [1.807, 2.05) is 0 Å². The second-order valence-electron chi connectivity index (χ2n) is 2.95. The first-order chi connectivity index (χ1) is 5.18. The average Bonchev–Trinajstić information content (AvgIpc) is 1.85. The third-order valence-electron chi connectivity index (χ3n) is 1.96. The highest BCUT2D eigenvalue weighted by Crippen LogP contribution is 2.21. The lowest BCUT2D eigenvalue weighted by molar-refractivity contribution is -0.170. The Hall–Kier alpha value is -0.220. The minimum atomic E-state index is -2.65. The van der Waals surface area contributed by atoms with Crippen LogP contribution in [-0.4, -0.2) is 18.8 Å². The maximum atomic E-state index is 11.7. The highest BCUT2D eigenvalue weighted by atomic mass is 19.3. The van der Waals surface area contributed by atoms with Crippen LogP contribution in [0.15, 0.2) is 0 Å². The standard InChI is InChI=1S/C7H13F2NO/c8-7(9)11-6-3-1-2-5(10)4-6/h5-7H,1-4,10H2. The molecular formula is C7H13F2NO. The van der Waals surface area contributed by atoms with E-state index in [4.69, 9.17) is 5.73 Å². The third kappa shape index (κ3) is 3.12. The summed E-state index contributed by atoms with van der Waals surface area (Å²) in [5, 5.41) is 0. The van der Waals surface area contributed by atoms with Crippen LogP contribution in [0.5, 0.6) is 0 Å². The molecule has 1 aliphatic carbocycles. The summed E-state index contributed by atoms with van der Waals surface area (Å²) in [6.45, 7) is -2.65. The Kier molecular flexibility index (Phi) is 3.20. The van der Waals surface area contributed by atoms with Crippen molar-refractivity contribution in [1.82, 2.24) is 0 Å². The second-order valence-corrected chi connectivity index (χ2v) is 2.95. The zero-order valence-electron chi connectivity index (χ0n) is 6.30. The number of nitrogens with two attached hydrogens (primary N) is 1. The molecule has 2 N–H and O–H groups in total. The molecule has 2 atom stereocenters. The van der Waals surface area contributed by atoms with Crippen LogP contribution in [-0.2, 0) is 4.74 Å². The quantitative estimate of drug-likeness (QED) is 0.672. The van der Waals surface area contributed by atoms with Crippen molar-refractivity contribution in [2.24, 2.45) is 5.73 Å².